The Kier molecular flexibility index (Phi) is 16.2. The van der Waals surface area contributed by atoms with E-state index in [0.717, 1.165) is 0 Å². The van der Waals surface area contributed by atoms with E-state index < -0.39 is 0 Å². The Morgan fingerprint density at radius 2 is 0.616 bits per heavy atom. The SMILES string of the molecule is C.C.C.C.Cc1cc2c3c(c1)C(C)(C)c1ccccc1N3c1ccccc1C2(C)C.Cc1ccc(N(c2ccccc2)c2ccccc2)cc1.Cc1ccc2c(c1)C(C)(C)c1ccccc1N2c1ccccc1. The molecule has 3 heterocycles. The van der Waals surface area contributed by atoms with Gasteiger partial charge in [-0.25, -0.2) is 0 Å². The van der Waals surface area contributed by atoms with Crippen molar-refractivity contribution >= 4 is 51.2 Å². The number of para-hydroxylation sites is 6. The Bertz CT molecular complexity index is 3160. The van der Waals surface area contributed by atoms with Crippen LogP contribution in [0.15, 0.2) is 218 Å². The lowest BCUT2D eigenvalue weighted by Gasteiger charge is -2.49. The van der Waals surface area contributed by atoms with Crippen LogP contribution in [0, 0.1) is 20.8 Å². The van der Waals surface area contributed by atoms with Gasteiger partial charge in [-0.3, -0.25) is 0 Å². The Balaban J connectivity index is 0.000000175. The maximum absolute atomic E-state index is 2.51. The highest BCUT2D eigenvalue weighted by Crippen LogP contribution is 2.60. The van der Waals surface area contributed by atoms with Gasteiger partial charge < -0.3 is 14.7 Å². The first kappa shape index (κ1) is 54.7. The molecule has 0 aromatic heterocycles. The fourth-order valence-electron chi connectivity index (χ4n) is 11.0. The van der Waals surface area contributed by atoms with Crippen LogP contribution in [0.2, 0.25) is 0 Å². The Morgan fingerprint density at radius 1 is 0.288 bits per heavy atom. The van der Waals surface area contributed by atoms with E-state index in [1.807, 2.05) is 12.1 Å². The predicted octanol–water partition coefficient (Wildman–Crippen LogP) is 20.9. The summed E-state index contributed by atoms with van der Waals surface area (Å²) in [5, 5.41) is 0. The van der Waals surface area contributed by atoms with Crippen LogP contribution >= 0.6 is 0 Å². The maximum Gasteiger partial charge on any atom is 0.0543 e. The highest BCUT2D eigenvalue weighted by molar-refractivity contribution is 5.93. The van der Waals surface area contributed by atoms with Crippen LogP contribution in [0.1, 0.15) is 121 Å². The van der Waals surface area contributed by atoms with E-state index in [1.54, 1.807) is 0 Å². The van der Waals surface area contributed by atoms with Crippen molar-refractivity contribution in [2.75, 3.05) is 14.7 Å². The number of fused-ring (bicyclic) bond motifs is 6. The van der Waals surface area contributed by atoms with Crippen molar-refractivity contribution in [3.8, 4) is 0 Å². The third kappa shape index (κ3) is 9.74. The van der Waals surface area contributed by atoms with Crippen LogP contribution in [-0.4, -0.2) is 0 Å². The van der Waals surface area contributed by atoms with E-state index in [0.29, 0.717) is 0 Å². The number of aryl methyl sites for hydroxylation is 3. The Labute approximate surface area is 440 Å². The molecule has 0 fully saturated rings. The quantitative estimate of drug-likeness (QED) is 0.174. The molecule has 0 atom stereocenters. The first-order valence-electron chi connectivity index (χ1n) is 24.4. The van der Waals surface area contributed by atoms with E-state index in [9.17, 15) is 0 Å². The van der Waals surface area contributed by atoms with Gasteiger partial charge in [0.05, 0.1) is 28.4 Å². The number of rotatable bonds is 4. The van der Waals surface area contributed by atoms with E-state index in [2.05, 4.69) is 283 Å². The normalized spacial score (nSPS) is 13.9. The van der Waals surface area contributed by atoms with Crippen molar-refractivity contribution in [2.45, 2.75) is 108 Å². The minimum atomic E-state index is -0.00837. The van der Waals surface area contributed by atoms with Gasteiger partial charge in [-0.2, -0.15) is 0 Å². The Morgan fingerprint density at radius 3 is 1.07 bits per heavy atom. The summed E-state index contributed by atoms with van der Waals surface area (Å²) in [6.45, 7) is 20.6. The van der Waals surface area contributed by atoms with Crippen molar-refractivity contribution in [3.63, 3.8) is 0 Å². The molecule has 9 aromatic carbocycles. The van der Waals surface area contributed by atoms with Crippen molar-refractivity contribution < 1.29 is 0 Å². The minimum absolute atomic E-state index is 0. The average molecular weight is 962 g/mol. The summed E-state index contributed by atoms with van der Waals surface area (Å²) in [5.41, 5.74) is 23.7. The topological polar surface area (TPSA) is 9.72 Å². The molecule has 3 nitrogen and oxygen atoms in total. The van der Waals surface area contributed by atoms with Gasteiger partial charge in [0.15, 0.2) is 0 Å². The van der Waals surface area contributed by atoms with E-state index in [1.165, 1.54) is 101 Å². The molecule has 0 saturated carbocycles. The third-order valence-corrected chi connectivity index (χ3v) is 14.7. The number of nitrogens with zero attached hydrogens (tertiary/aromatic N) is 3. The molecule has 12 rings (SSSR count). The molecule has 0 N–H and O–H groups in total. The molecule has 3 aliphatic heterocycles. The van der Waals surface area contributed by atoms with Gasteiger partial charge in [-0.15, -0.1) is 0 Å². The number of hydrogen-bond donors (Lipinski definition) is 0. The van der Waals surface area contributed by atoms with E-state index >= 15 is 0 Å². The summed E-state index contributed by atoms with van der Waals surface area (Å²) in [7, 11) is 0. The lowest BCUT2D eigenvalue weighted by Crippen LogP contribution is -2.38. The molecule has 0 spiro atoms. The van der Waals surface area contributed by atoms with Crippen LogP contribution < -0.4 is 14.7 Å². The zero-order valence-corrected chi connectivity index (χ0v) is 41.6. The average Bonchev–Trinajstić information content (AvgIpc) is 3.36. The first-order valence-corrected chi connectivity index (χ1v) is 24.4. The van der Waals surface area contributed by atoms with E-state index in [4.69, 9.17) is 0 Å². The van der Waals surface area contributed by atoms with Crippen molar-refractivity contribution in [1.29, 1.82) is 0 Å². The molecule has 3 aliphatic rings. The molecule has 9 aromatic rings. The van der Waals surface area contributed by atoms with E-state index in [-0.39, 0.29) is 46.0 Å². The molecule has 0 bridgehead atoms. The summed E-state index contributed by atoms with van der Waals surface area (Å²) >= 11 is 0. The number of anilines is 9. The van der Waals surface area contributed by atoms with Crippen LogP contribution in [-0.2, 0) is 16.2 Å². The van der Waals surface area contributed by atoms with Gasteiger partial charge in [0.1, 0.15) is 0 Å². The van der Waals surface area contributed by atoms with Gasteiger partial charge in [0.25, 0.3) is 0 Å². The summed E-state index contributed by atoms with van der Waals surface area (Å²) < 4.78 is 0. The second-order valence-electron chi connectivity index (χ2n) is 20.5. The maximum atomic E-state index is 2.51. The number of hydrogen-bond acceptors (Lipinski definition) is 3. The minimum Gasteiger partial charge on any atom is -0.311 e. The third-order valence-electron chi connectivity index (χ3n) is 14.7. The molecule has 0 unspecified atom stereocenters. The van der Waals surface area contributed by atoms with Gasteiger partial charge in [0.2, 0.25) is 0 Å². The first-order chi connectivity index (χ1) is 33.3. The predicted molar refractivity (Wildman–Crippen MR) is 321 cm³/mol. The zero-order chi connectivity index (χ0) is 48.1. The van der Waals surface area contributed by atoms with Crippen LogP contribution in [0.5, 0.6) is 0 Å². The highest BCUT2D eigenvalue weighted by Gasteiger charge is 2.45. The highest BCUT2D eigenvalue weighted by atomic mass is 15.2. The van der Waals surface area contributed by atoms with Gasteiger partial charge in [0, 0.05) is 39.0 Å². The summed E-state index contributed by atoms with van der Waals surface area (Å²) in [6, 6.07) is 78.3. The summed E-state index contributed by atoms with van der Waals surface area (Å²) in [5.74, 6) is 0. The number of benzene rings is 9. The molecule has 73 heavy (non-hydrogen) atoms. The van der Waals surface area contributed by atoms with Gasteiger partial charge >= 0.3 is 0 Å². The smallest absolute Gasteiger partial charge is 0.0543 e. The molecule has 374 valence electrons. The molecule has 0 saturated heterocycles. The Hall–Kier alpha value is -7.62. The zero-order valence-electron chi connectivity index (χ0n) is 41.6. The fourth-order valence-corrected chi connectivity index (χ4v) is 11.0. The second kappa shape index (κ2) is 21.6. The molecule has 0 radical (unpaired) electrons. The van der Waals surface area contributed by atoms with Crippen LogP contribution in [0.3, 0.4) is 0 Å². The largest absolute Gasteiger partial charge is 0.311 e. The second-order valence-corrected chi connectivity index (χ2v) is 20.5. The van der Waals surface area contributed by atoms with Crippen molar-refractivity contribution in [2.24, 2.45) is 0 Å². The lowest BCUT2D eigenvalue weighted by molar-refractivity contribution is 0.596. The standard InChI is InChI=1S/C25H25N.C22H21N.C19H17N.4CH4/c1-16-14-19-23-20(15-16)25(4,5)18-11-7-9-13-22(18)26(23)21-12-8-6-10-17(21)24(19,2)3;1-16-13-14-21-19(15-16)22(2,3)18-11-7-8-12-20(18)23(21)17-9-5-4-6-10-17;1-16-12-14-19(15-13-16)20(17-8-4-2-5-9-17)18-10-6-3-7-11-18;;;;/h6-15H,1-5H3;4-15H,1-3H3;2-15H,1H3;4*1H4. The van der Waals surface area contributed by atoms with Gasteiger partial charge in [-0.05, 0) is 127 Å². The van der Waals surface area contributed by atoms with Crippen molar-refractivity contribution in [1.82, 2.24) is 0 Å². The van der Waals surface area contributed by atoms with Crippen LogP contribution in [0.25, 0.3) is 0 Å². The summed E-state index contributed by atoms with van der Waals surface area (Å²) in [4.78, 5) is 7.15. The summed E-state index contributed by atoms with van der Waals surface area (Å²) in [6.07, 6.45) is 0. The fraction of sp³-hybridized carbons (Fsp3) is 0.229. The van der Waals surface area contributed by atoms with Gasteiger partial charge in [-0.1, -0.05) is 234 Å². The molecule has 0 amide bonds. The molecule has 0 aliphatic carbocycles. The van der Waals surface area contributed by atoms with Crippen molar-refractivity contribution in [3.05, 3.63) is 268 Å². The van der Waals surface area contributed by atoms with Crippen LogP contribution in [0.4, 0.5) is 51.2 Å². The lowest BCUT2D eigenvalue weighted by atomic mass is 9.66. The molecular formula is C70H79N3. The monoisotopic (exact) mass is 962 g/mol. The molecule has 3 heteroatoms. The molecular weight excluding hydrogens is 883 g/mol.